The van der Waals surface area contributed by atoms with E-state index in [1.807, 2.05) is 6.92 Å². The molecule has 8 heteroatoms. The molecular weight excluding hydrogens is 302 g/mol. The summed E-state index contributed by atoms with van der Waals surface area (Å²) in [5.74, 6) is -1.11. The maximum atomic E-state index is 12.5. The molecule has 1 aromatic rings. The first-order chi connectivity index (χ1) is 9.45. The van der Waals surface area contributed by atoms with Gasteiger partial charge in [-0.25, -0.2) is 13.2 Å². The van der Waals surface area contributed by atoms with Gasteiger partial charge in [0, 0.05) is 19.7 Å². The van der Waals surface area contributed by atoms with Gasteiger partial charge in [-0.15, -0.1) is 11.3 Å². The Bertz CT molecular complexity index is 578. The van der Waals surface area contributed by atoms with Crippen LogP contribution in [0.5, 0.6) is 0 Å². The minimum absolute atomic E-state index is 0.0296. The molecule has 0 saturated carbocycles. The Kier molecular flexibility index (Phi) is 4.79. The topological polar surface area (TPSA) is 83.9 Å². The number of piperidine rings is 1. The summed E-state index contributed by atoms with van der Waals surface area (Å²) in [5.41, 5.74) is 0. The number of nitrogens with zero attached hydrogens (tertiary/aromatic N) is 1. The molecule has 0 bridgehead atoms. The predicted octanol–water partition coefficient (Wildman–Crippen LogP) is 1.64. The number of thiophene rings is 1. The van der Waals surface area contributed by atoms with Crippen molar-refractivity contribution in [1.29, 1.82) is 0 Å². The standard InChI is InChI=1S/C12H17NO5S2/c1-2-18-9-4-3-7-13(8-9)20(16,17)11-6-5-10(19-11)12(14)15/h5-6,9H,2-4,7-8H2,1H3,(H,14,15). The van der Waals surface area contributed by atoms with Gasteiger partial charge in [0.15, 0.2) is 0 Å². The zero-order chi connectivity index (χ0) is 14.8. The third-order valence-corrected chi connectivity index (χ3v) is 6.54. The van der Waals surface area contributed by atoms with E-state index in [9.17, 15) is 13.2 Å². The lowest BCUT2D eigenvalue weighted by molar-refractivity contribution is 0.0265. The van der Waals surface area contributed by atoms with Crippen molar-refractivity contribution in [3.63, 3.8) is 0 Å². The van der Waals surface area contributed by atoms with E-state index in [0.717, 1.165) is 24.2 Å². The van der Waals surface area contributed by atoms with E-state index in [0.29, 0.717) is 19.7 Å². The lowest BCUT2D eigenvalue weighted by atomic mass is 10.1. The number of carboxylic acid groups (broad SMARTS) is 1. The summed E-state index contributed by atoms with van der Waals surface area (Å²) in [5, 5.41) is 8.87. The molecule has 0 spiro atoms. The van der Waals surface area contributed by atoms with Gasteiger partial charge in [-0.3, -0.25) is 0 Å². The van der Waals surface area contributed by atoms with Crippen LogP contribution in [0.25, 0.3) is 0 Å². The second-order valence-electron chi connectivity index (χ2n) is 4.51. The Morgan fingerprint density at radius 3 is 2.90 bits per heavy atom. The number of carbonyl (C=O) groups is 1. The number of hydrogen-bond donors (Lipinski definition) is 1. The quantitative estimate of drug-likeness (QED) is 0.892. The minimum Gasteiger partial charge on any atom is -0.477 e. The molecule has 1 atom stereocenters. The summed E-state index contributed by atoms with van der Waals surface area (Å²) in [6, 6.07) is 2.68. The molecule has 1 saturated heterocycles. The summed E-state index contributed by atoms with van der Waals surface area (Å²) in [4.78, 5) is 10.9. The molecule has 2 heterocycles. The molecule has 0 aliphatic carbocycles. The van der Waals surface area contributed by atoms with Crippen molar-refractivity contribution < 1.29 is 23.1 Å². The molecule has 1 N–H and O–H groups in total. The van der Waals surface area contributed by atoms with Crippen molar-refractivity contribution in [1.82, 2.24) is 4.31 Å². The van der Waals surface area contributed by atoms with Crippen LogP contribution < -0.4 is 0 Å². The monoisotopic (exact) mass is 319 g/mol. The summed E-state index contributed by atoms with van der Waals surface area (Å²) < 4.78 is 31.9. The summed E-state index contributed by atoms with van der Waals surface area (Å²) in [7, 11) is -3.62. The number of hydrogen-bond acceptors (Lipinski definition) is 5. The highest BCUT2D eigenvalue weighted by molar-refractivity contribution is 7.91. The van der Waals surface area contributed by atoms with Gasteiger partial charge < -0.3 is 9.84 Å². The van der Waals surface area contributed by atoms with Gasteiger partial charge >= 0.3 is 5.97 Å². The fourth-order valence-corrected chi connectivity index (χ4v) is 5.01. The number of sulfonamides is 1. The minimum atomic E-state index is -3.62. The first kappa shape index (κ1) is 15.4. The van der Waals surface area contributed by atoms with E-state index >= 15 is 0 Å². The second-order valence-corrected chi connectivity index (χ2v) is 7.76. The van der Waals surface area contributed by atoms with Crippen LogP contribution in [0, 0.1) is 0 Å². The highest BCUT2D eigenvalue weighted by atomic mass is 32.2. The van der Waals surface area contributed by atoms with Crippen molar-refractivity contribution in [3.05, 3.63) is 17.0 Å². The lowest BCUT2D eigenvalue weighted by Gasteiger charge is -2.31. The number of aromatic carboxylic acids is 1. The van der Waals surface area contributed by atoms with Crippen LogP contribution in [-0.4, -0.2) is 49.6 Å². The maximum Gasteiger partial charge on any atom is 0.345 e. The fraction of sp³-hybridized carbons (Fsp3) is 0.583. The van der Waals surface area contributed by atoms with Gasteiger partial charge in [0.05, 0.1) is 6.10 Å². The zero-order valence-corrected chi connectivity index (χ0v) is 12.7. The largest absolute Gasteiger partial charge is 0.477 e. The van der Waals surface area contributed by atoms with Gasteiger partial charge in [-0.1, -0.05) is 0 Å². The van der Waals surface area contributed by atoms with E-state index in [4.69, 9.17) is 9.84 Å². The SMILES string of the molecule is CCOC1CCCN(S(=O)(=O)c2ccc(C(=O)O)s2)C1. The highest BCUT2D eigenvalue weighted by Crippen LogP contribution is 2.27. The van der Waals surface area contributed by atoms with Crippen molar-refractivity contribution in [2.45, 2.75) is 30.1 Å². The summed E-state index contributed by atoms with van der Waals surface area (Å²) in [6.45, 7) is 3.22. The van der Waals surface area contributed by atoms with E-state index in [-0.39, 0.29) is 15.2 Å². The lowest BCUT2D eigenvalue weighted by Crippen LogP contribution is -2.42. The second kappa shape index (κ2) is 6.21. The maximum absolute atomic E-state index is 12.5. The molecule has 0 radical (unpaired) electrons. The van der Waals surface area contributed by atoms with Gasteiger partial charge in [0.2, 0.25) is 0 Å². The number of rotatable bonds is 5. The average molecular weight is 319 g/mol. The van der Waals surface area contributed by atoms with Crippen molar-refractivity contribution in [2.75, 3.05) is 19.7 Å². The van der Waals surface area contributed by atoms with E-state index in [1.54, 1.807) is 0 Å². The third-order valence-electron chi connectivity index (χ3n) is 3.13. The Morgan fingerprint density at radius 1 is 1.55 bits per heavy atom. The molecule has 20 heavy (non-hydrogen) atoms. The van der Waals surface area contributed by atoms with Gasteiger partial charge in [0.25, 0.3) is 10.0 Å². The van der Waals surface area contributed by atoms with Gasteiger partial charge in [-0.05, 0) is 31.9 Å². The van der Waals surface area contributed by atoms with Crippen LogP contribution in [0.15, 0.2) is 16.3 Å². The molecular formula is C12H17NO5S2. The van der Waals surface area contributed by atoms with Crippen LogP contribution in [0.2, 0.25) is 0 Å². The van der Waals surface area contributed by atoms with Gasteiger partial charge in [-0.2, -0.15) is 4.31 Å². The molecule has 1 fully saturated rings. The third kappa shape index (κ3) is 3.20. The smallest absolute Gasteiger partial charge is 0.345 e. The van der Waals surface area contributed by atoms with Crippen LogP contribution in [0.3, 0.4) is 0 Å². The molecule has 1 unspecified atom stereocenters. The molecule has 0 amide bonds. The fourth-order valence-electron chi connectivity index (χ4n) is 2.20. The molecule has 2 rings (SSSR count). The van der Waals surface area contributed by atoms with Crippen LogP contribution in [0.4, 0.5) is 0 Å². The Morgan fingerprint density at radius 2 is 2.30 bits per heavy atom. The highest BCUT2D eigenvalue weighted by Gasteiger charge is 2.31. The molecule has 112 valence electrons. The number of ether oxygens (including phenoxy) is 1. The first-order valence-corrected chi connectivity index (χ1v) is 8.65. The van der Waals surface area contributed by atoms with Gasteiger partial charge in [0.1, 0.15) is 9.09 Å². The number of carboxylic acids is 1. The van der Waals surface area contributed by atoms with Crippen LogP contribution >= 0.6 is 11.3 Å². The Labute approximate surface area is 122 Å². The van der Waals surface area contributed by atoms with E-state index in [1.165, 1.54) is 16.4 Å². The van der Waals surface area contributed by atoms with Crippen molar-refractivity contribution in [2.24, 2.45) is 0 Å². The van der Waals surface area contributed by atoms with Crippen molar-refractivity contribution in [3.8, 4) is 0 Å². The molecule has 6 nitrogen and oxygen atoms in total. The molecule has 1 aromatic heterocycles. The Hall–Kier alpha value is -0.960. The van der Waals surface area contributed by atoms with Crippen molar-refractivity contribution >= 4 is 27.3 Å². The molecule has 1 aliphatic rings. The molecule has 0 aromatic carbocycles. The Balaban J connectivity index is 2.18. The average Bonchev–Trinajstić information content (AvgIpc) is 2.90. The summed E-state index contributed by atoms with van der Waals surface area (Å²) in [6.07, 6.45) is 1.52. The van der Waals surface area contributed by atoms with E-state index < -0.39 is 16.0 Å². The summed E-state index contributed by atoms with van der Waals surface area (Å²) >= 11 is 0.786. The molecule has 1 aliphatic heterocycles. The van der Waals surface area contributed by atoms with E-state index in [2.05, 4.69) is 0 Å². The normalized spacial score (nSPS) is 20.9. The van der Waals surface area contributed by atoms with Crippen LogP contribution in [0.1, 0.15) is 29.4 Å². The first-order valence-electron chi connectivity index (χ1n) is 6.40. The zero-order valence-electron chi connectivity index (χ0n) is 11.1. The predicted molar refractivity (Wildman–Crippen MR) is 74.7 cm³/mol. The van der Waals surface area contributed by atoms with Crippen LogP contribution in [-0.2, 0) is 14.8 Å².